The molecule has 6 heteroatoms. The van der Waals surface area contributed by atoms with E-state index in [2.05, 4.69) is 21.2 Å². The first-order chi connectivity index (χ1) is 8.01. The Hall–Kier alpha value is -1.11. The van der Waals surface area contributed by atoms with Gasteiger partial charge in [-0.05, 0) is 25.2 Å². The normalized spacial score (nSPS) is 14.1. The van der Waals surface area contributed by atoms with Crippen molar-refractivity contribution in [2.45, 2.75) is 12.1 Å². The second-order valence-corrected chi connectivity index (χ2v) is 4.43. The average molecular weight is 303 g/mol. The fourth-order valence-electron chi connectivity index (χ4n) is 1.60. The largest absolute Gasteiger partial charge is 0.496 e. The summed E-state index contributed by atoms with van der Waals surface area (Å²) in [6.45, 7) is 0. The Kier molecular flexibility index (Phi) is 4.92. The zero-order valence-electron chi connectivity index (χ0n) is 9.61. The second kappa shape index (κ2) is 6.00. The predicted molar refractivity (Wildman–Crippen MR) is 68.1 cm³/mol. The van der Waals surface area contributed by atoms with Gasteiger partial charge in [-0.1, -0.05) is 15.9 Å². The van der Waals surface area contributed by atoms with Gasteiger partial charge in [0.2, 0.25) is 0 Å². The minimum atomic E-state index is -0.998. The molecule has 4 N–H and O–H groups in total. The maximum Gasteiger partial charge on any atom is 0.322 e. The van der Waals surface area contributed by atoms with Crippen LogP contribution in [0.3, 0.4) is 0 Å². The number of rotatable bonds is 5. The molecule has 1 rings (SSSR count). The van der Waals surface area contributed by atoms with Crippen LogP contribution in [0.25, 0.3) is 0 Å². The number of halogens is 1. The fraction of sp³-hybridized carbons (Fsp3) is 0.364. The quantitative estimate of drug-likeness (QED) is 0.759. The van der Waals surface area contributed by atoms with Crippen molar-refractivity contribution in [3.05, 3.63) is 28.2 Å². The summed E-state index contributed by atoms with van der Waals surface area (Å²) in [4.78, 5) is 11.0. The molecule has 0 fully saturated rings. The minimum absolute atomic E-state index is 0.571. The molecule has 1 aromatic rings. The van der Waals surface area contributed by atoms with Crippen LogP contribution >= 0.6 is 15.9 Å². The zero-order valence-corrected chi connectivity index (χ0v) is 11.2. The smallest absolute Gasteiger partial charge is 0.322 e. The van der Waals surface area contributed by atoms with Crippen LogP contribution in [0, 0.1) is 0 Å². The highest BCUT2D eigenvalue weighted by molar-refractivity contribution is 9.10. The number of aliphatic carboxylic acids is 1. The molecule has 0 spiro atoms. The first kappa shape index (κ1) is 14.0. The van der Waals surface area contributed by atoms with Crippen molar-refractivity contribution in [3.8, 4) is 5.75 Å². The lowest BCUT2D eigenvalue weighted by Crippen LogP contribution is -2.43. The van der Waals surface area contributed by atoms with Gasteiger partial charge in [-0.2, -0.15) is 0 Å². The number of benzene rings is 1. The van der Waals surface area contributed by atoms with E-state index in [1.807, 2.05) is 6.07 Å². The number of methoxy groups -OCH3 is 1. The number of nitrogens with one attached hydrogen (secondary N) is 1. The van der Waals surface area contributed by atoms with Gasteiger partial charge in [-0.25, -0.2) is 0 Å². The Labute approximate surface area is 108 Å². The van der Waals surface area contributed by atoms with Gasteiger partial charge < -0.3 is 20.9 Å². The molecule has 2 unspecified atom stereocenters. The molecule has 0 saturated heterocycles. The maximum absolute atomic E-state index is 11.0. The summed E-state index contributed by atoms with van der Waals surface area (Å²) in [6.07, 6.45) is 0. The molecule has 0 radical (unpaired) electrons. The van der Waals surface area contributed by atoms with E-state index >= 15 is 0 Å². The van der Waals surface area contributed by atoms with Crippen LogP contribution < -0.4 is 15.8 Å². The maximum atomic E-state index is 11.0. The molecule has 0 amide bonds. The molecule has 0 aliphatic heterocycles. The van der Waals surface area contributed by atoms with Crippen molar-refractivity contribution in [2.75, 3.05) is 14.2 Å². The highest BCUT2D eigenvalue weighted by Crippen LogP contribution is 2.29. The van der Waals surface area contributed by atoms with Crippen molar-refractivity contribution in [1.29, 1.82) is 0 Å². The van der Waals surface area contributed by atoms with Crippen molar-refractivity contribution in [3.63, 3.8) is 0 Å². The molecule has 2 atom stereocenters. The lowest BCUT2D eigenvalue weighted by Gasteiger charge is -2.22. The van der Waals surface area contributed by atoms with Crippen molar-refractivity contribution < 1.29 is 14.6 Å². The molecule has 0 heterocycles. The number of likely N-dealkylation sites (N-methyl/N-ethyl adjacent to an activating group) is 1. The number of hydrogen-bond donors (Lipinski definition) is 3. The Morgan fingerprint density at radius 3 is 2.71 bits per heavy atom. The lowest BCUT2D eigenvalue weighted by molar-refractivity contribution is -0.139. The van der Waals surface area contributed by atoms with Crippen LogP contribution in [-0.2, 0) is 4.79 Å². The van der Waals surface area contributed by atoms with Gasteiger partial charge in [0, 0.05) is 10.0 Å². The average Bonchev–Trinajstić information content (AvgIpc) is 2.29. The number of ether oxygens (including phenoxy) is 1. The Morgan fingerprint density at radius 2 is 2.24 bits per heavy atom. The molecular weight excluding hydrogens is 288 g/mol. The van der Waals surface area contributed by atoms with Crippen LogP contribution in [0.1, 0.15) is 11.6 Å². The fourth-order valence-corrected chi connectivity index (χ4v) is 1.98. The summed E-state index contributed by atoms with van der Waals surface area (Å²) < 4.78 is 6.00. The van der Waals surface area contributed by atoms with Gasteiger partial charge in [-0.15, -0.1) is 0 Å². The van der Waals surface area contributed by atoms with Gasteiger partial charge >= 0.3 is 5.97 Å². The third kappa shape index (κ3) is 3.18. The van der Waals surface area contributed by atoms with Crippen molar-refractivity contribution >= 4 is 21.9 Å². The summed E-state index contributed by atoms with van der Waals surface area (Å²) in [5, 5.41) is 11.7. The molecule has 0 aromatic heterocycles. The van der Waals surface area contributed by atoms with Gasteiger partial charge in [-0.3, -0.25) is 4.79 Å². The standard InChI is InChI=1S/C11H15BrN2O3/c1-14-10(11(15)16)9(13)7-5-6(12)3-4-8(7)17-2/h3-5,9-10,14H,13H2,1-2H3,(H,15,16). The Morgan fingerprint density at radius 1 is 1.59 bits per heavy atom. The molecule has 0 aliphatic rings. The van der Waals surface area contributed by atoms with Crippen LogP contribution in [0.5, 0.6) is 5.75 Å². The van der Waals surface area contributed by atoms with E-state index in [1.165, 1.54) is 7.11 Å². The van der Waals surface area contributed by atoms with Gasteiger partial charge in [0.25, 0.3) is 0 Å². The molecule has 0 bridgehead atoms. The van der Waals surface area contributed by atoms with E-state index in [9.17, 15) is 4.79 Å². The van der Waals surface area contributed by atoms with Crippen molar-refractivity contribution in [1.82, 2.24) is 5.32 Å². The molecule has 0 aliphatic carbocycles. The number of nitrogens with two attached hydrogens (primary N) is 1. The predicted octanol–water partition coefficient (Wildman–Crippen LogP) is 1.13. The molecule has 1 aromatic carbocycles. The van der Waals surface area contributed by atoms with E-state index in [0.717, 1.165) is 4.47 Å². The third-order valence-electron chi connectivity index (χ3n) is 2.49. The van der Waals surface area contributed by atoms with E-state index in [1.54, 1.807) is 19.2 Å². The van der Waals surface area contributed by atoms with E-state index < -0.39 is 18.1 Å². The van der Waals surface area contributed by atoms with Crippen LogP contribution in [-0.4, -0.2) is 31.3 Å². The molecule has 5 nitrogen and oxygen atoms in total. The molecule has 0 saturated carbocycles. The summed E-state index contributed by atoms with van der Waals surface area (Å²) in [6, 6.07) is 3.76. The second-order valence-electron chi connectivity index (χ2n) is 3.52. The first-order valence-corrected chi connectivity index (χ1v) is 5.79. The summed E-state index contributed by atoms with van der Waals surface area (Å²) in [5.74, 6) is -0.427. The molecular formula is C11H15BrN2O3. The third-order valence-corrected chi connectivity index (χ3v) is 2.98. The number of carboxylic acid groups (broad SMARTS) is 1. The number of hydrogen-bond acceptors (Lipinski definition) is 4. The van der Waals surface area contributed by atoms with Gasteiger partial charge in [0.1, 0.15) is 11.8 Å². The summed E-state index contributed by atoms with van der Waals surface area (Å²) >= 11 is 3.32. The van der Waals surface area contributed by atoms with Crippen LogP contribution in [0.2, 0.25) is 0 Å². The van der Waals surface area contributed by atoms with Gasteiger partial charge in [0.05, 0.1) is 13.2 Å². The van der Waals surface area contributed by atoms with E-state index in [-0.39, 0.29) is 0 Å². The zero-order chi connectivity index (χ0) is 13.0. The van der Waals surface area contributed by atoms with Gasteiger partial charge in [0.15, 0.2) is 0 Å². The SMILES string of the molecule is CNC(C(=O)O)C(N)c1cc(Br)ccc1OC. The first-order valence-electron chi connectivity index (χ1n) is 5.00. The summed E-state index contributed by atoms with van der Waals surface area (Å²) in [5.41, 5.74) is 6.59. The number of carbonyl (C=O) groups is 1. The van der Waals surface area contributed by atoms with Crippen LogP contribution in [0.15, 0.2) is 22.7 Å². The summed E-state index contributed by atoms with van der Waals surface area (Å²) in [7, 11) is 3.08. The van der Waals surface area contributed by atoms with Crippen molar-refractivity contribution in [2.24, 2.45) is 5.73 Å². The van der Waals surface area contributed by atoms with E-state index in [0.29, 0.717) is 11.3 Å². The highest BCUT2D eigenvalue weighted by atomic mass is 79.9. The Balaban J connectivity index is 3.13. The Bertz CT molecular complexity index is 412. The molecule has 17 heavy (non-hydrogen) atoms. The van der Waals surface area contributed by atoms with E-state index in [4.69, 9.17) is 15.6 Å². The topological polar surface area (TPSA) is 84.6 Å². The highest BCUT2D eigenvalue weighted by Gasteiger charge is 2.27. The minimum Gasteiger partial charge on any atom is -0.496 e. The lowest BCUT2D eigenvalue weighted by atomic mass is 9.99. The number of carboxylic acids is 1. The monoisotopic (exact) mass is 302 g/mol. The molecule has 94 valence electrons. The van der Waals surface area contributed by atoms with Crippen LogP contribution in [0.4, 0.5) is 0 Å².